The molecule has 2 nitrogen and oxygen atoms in total. The molecule has 0 saturated heterocycles. The van der Waals surface area contributed by atoms with Crippen LogP contribution in [-0.4, -0.2) is 26.8 Å². The van der Waals surface area contributed by atoms with Crippen LogP contribution in [0, 0.1) is 5.92 Å². The van der Waals surface area contributed by atoms with Crippen LogP contribution in [0.4, 0.5) is 13.2 Å². The lowest BCUT2D eigenvalue weighted by molar-refractivity contribution is -0.137. The fourth-order valence-corrected chi connectivity index (χ4v) is 2.59. The van der Waals surface area contributed by atoms with E-state index in [1.165, 1.54) is 12.1 Å². The predicted molar refractivity (Wildman–Crippen MR) is 71.6 cm³/mol. The van der Waals surface area contributed by atoms with Crippen LogP contribution >= 0.6 is 0 Å². The third-order valence-electron chi connectivity index (χ3n) is 4.16. The Balaban J connectivity index is 1.92. The molecule has 1 fully saturated rings. The van der Waals surface area contributed by atoms with Crippen LogP contribution in [0.15, 0.2) is 24.3 Å². The van der Waals surface area contributed by atoms with Crippen LogP contribution < -0.4 is 5.32 Å². The zero-order valence-electron chi connectivity index (χ0n) is 11.8. The summed E-state index contributed by atoms with van der Waals surface area (Å²) in [7, 11) is 1.66. The Kier molecular flexibility index (Phi) is 4.39. The van der Waals surface area contributed by atoms with Gasteiger partial charge in [0.15, 0.2) is 0 Å². The summed E-state index contributed by atoms with van der Waals surface area (Å²) in [6.45, 7) is 4.46. The van der Waals surface area contributed by atoms with Crippen molar-refractivity contribution in [1.29, 1.82) is 0 Å². The number of rotatable bonds is 6. The van der Waals surface area contributed by atoms with Gasteiger partial charge in [-0.25, -0.2) is 0 Å². The topological polar surface area (TPSA) is 21.3 Å². The van der Waals surface area contributed by atoms with Crippen LogP contribution in [0.3, 0.4) is 0 Å². The zero-order valence-corrected chi connectivity index (χ0v) is 11.8. The Morgan fingerprint density at radius 2 is 1.95 bits per heavy atom. The summed E-state index contributed by atoms with van der Waals surface area (Å²) in [6, 6.07) is 5.57. The number of methoxy groups -OCH3 is 1. The summed E-state index contributed by atoms with van der Waals surface area (Å²) in [5.74, 6) is 0.482. The van der Waals surface area contributed by atoms with Gasteiger partial charge in [0, 0.05) is 13.7 Å². The van der Waals surface area contributed by atoms with E-state index >= 15 is 0 Å². The first-order valence-corrected chi connectivity index (χ1v) is 6.75. The molecule has 0 spiro atoms. The van der Waals surface area contributed by atoms with Gasteiger partial charge in [-0.2, -0.15) is 13.2 Å². The largest absolute Gasteiger partial charge is 0.416 e. The lowest BCUT2D eigenvalue weighted by Crippen LogP contribution is -2.24. The van der Waals surface area contributed by atoms with Crippen molar-refractivity contribution in [2.24, 2.45) is 5.92 Å². The van der Waals surface area contributed by atoms with E-state index in [2.05, 4.69) is 12.2 Å². The molecule has 0 heterocycles. The highest BCUT2D eigenvalue weighted by Gasteiger charge is 2.50. The number of hydrogen-bond acceptors (Lipinski definition) is 2. The molecule has 2 unspecified atom stereocenters. The Morgan fingerprint density at radius 3 is 2.50 bits per heavy atom. The molecule has 1 saturated carbocycles. The maximum atomic E-state index is 12.5. The van der Waals surface area contributed by atoms with Crippen LogP contribution in [0.2, 0.25) is 0 Å². The quantitative estimate of drug-likeness (QED) is 0.811. The average Bonchev–Trinajstić information content (AvgIpc) is 3.06. The molecule has 2 atom stereocenters. The Bertz CT molecular complexity index is 443. The van der Waals surface area contributed by atoms with Gasteiger partial charge in [-0.15, -0.1) is 0 Å². The fourth-order valence-electron chi connectivity index (χ4n) is 2.59. The molecule has 2 rings (SSSR count). The highest BCUT2D eigenvalue weighted by Crippen LogP contribution is 2.53. The van der Waals surface area contributed by atoms with Crippen LogP contribution in [0.25, 0.3) is 0 Å². The van der Waals surface area contributed by atoms with Crippen molar-refractivity contribution in [3.05, 3.63) is 35.4 Å². The Morgan fingerprint density at radius 1 is 1.30 bits per heavy atom. The monoisotopic (exact) mass is 287 g/mol. The predicted octanol–water partition coefficient (Wildman–Crippen LogP) is 3.22. The van der Waals surface area contributed by atoms with Crippen molar-refractivity contribution in [2.45, 2.75) is 24.9 Å². The molecule has 1 aromatic rings. The number of alkyl halides is 3. The van der Waals surface area contributed by atoms with Crippen LogP contribution in [0.1, 0.15) is 24.5 Å². The van der Waals surface area contributed by atoms with Gasteiger partial charge in [0.05, 0.1) is 12.2 Å². The first-order valence-electron chi connectivity index (χ1n) is 6.75. The van der Waals surface area contributed by atoms with Crippen molar-refractivity contribution < 1.29 is 17.9 Å². The van der Waals surface area contributed by atoms with Crippen molar-refractivity contribution >= 4 is 0 Å². The number of ether oxygens (including phenoxy) is 1. The molecular formula is C15H20F3NO. The summed E-state index contributed by atoms with van der Waals surface area (Å²) in [6.07, 6.45) is -3.25. The molecule has 5 heteroatoms. The van der Waals surface area contributed by atoms with Crippen LogP contribution in [-0.2, 0) is 16.3 Å². The minimum atomic E-state index is -4.26. The van der Waals surface area contributed by atoms with Gasteiger partial charge in [0.1, 0.15) is 0 Å². The fraction of sp³-hybridized carbons (Fsp3) is 0.600. The molecule has 0 aliphatic heterocycles. The van der Waals surface area contributed by atoms with Crippen molar-refractivity contribution in [1.82, 2.24) is 5.32 Å². The molecule has 0 radical (unpaired) electrons. The molecule has 112 valence electrons. The zero-order chi connectivity index (χ0) is 14.8. The van der Waals surface area contributed by atoms with Gasteiger partial charge in [0.25, 0.3) is 0 Å². The van der Waals surface area contributed by atoms with E-state index in [-0.39, 0.29) is 5.41 Å². The van der Waals surface area contributed by atoms with E-state index in [0.29, 0.717) is 12.5 Å². The standard InChI is InChI=1S/C15H20F3NO/c1-14(9-13(14)10-19-7-8-20-2)11-3-5-12(6-4-11)15(16,17)18/h3-6,13,19H,7-10H2,1-2H3. The molecule has 1 aromatic carbocycles. The van der Waals surface area contributed by atoms with Crippen molar-refractivity contribution in [3.8, 4) is 0 Å². The van der Waals surface area contributed by atoms with E-state index in [4.69, 9.17) is 4.74 Å². The number of benzene rings is 1. The van der Waals surface area contributed by atoms with Crippen molar-refractivity contribution in [2.75, 3.05) is 26.8 Å². The van der Waals surface area contributed by atoms with Crippen molar-refractivity contribution in [3.63, 3.8) is 0 Å². The van der Waals surface area contributed by atoms with E-state index in [9.17, 15) is 13.2 Å². The second-order valence-corrected chi connectivity index (χ2v) is 5.59. The second kappa shape index (κ2) is 5.74. The molecular weight excluding hydrogens is 267 g/mol. The lowest BCUT2D eigenvalue weighted by atomic mass is 9.94. The Labute approximate surface area is 117 Å². The Hall–Kier alpha value is -1.07. The molecule has 0 bridgehead atoms. The minimum Gasteiger partial charge on any atom is -0.383 e. The number of nitrogens with one attached hydrogen (secondary N) is 1. The lowest BCUT2D eigenvalue weighted by Gasteiger charge is -2.14. The summed E-state index contributed by atoms with van der Waals surface area (Å²) in [5.41, 5.74) is 0.411. The van der Waals surface area contributed by atoms with Gasteiger partial charge in [-0.1, -0.05) is 19.1 Å². The SMILES string of the molecule is COCCNCC1CC1(C)c1ccc(C(F)(F)F)cc1. The molecule has 1 aliphatic rings. The molecule has 1 aliphatic carbocycles. The first kappa shape index (κ1) is 15.3. The summed E-state index contributed by atoms with van der Waals surface area (Å²) >= 11 is 0. The summed E-state index contributed by atoms with van der Waals surface area (Å²) < 4.78 is 42.5. The number of halogens is 3. The van der Waals surface area contributed by atoms with Gasteiger partial charge in [-0.3, -0.25) is 0 Å². The van der Waals surface area contributed by atoms with E-state index in [1.54, 1.807) is 19.2 Å². The third-order valence-corrected chi connectivity index (χ3v) is 4.16. The minimum absolute atomic E-state index is 0.00417. The normalized spacial score (nSPS) is 25.8. The molecule has 0 amide bonds. The van der Waals surface area contributed by atoms with E-state index in [1.807, 2.05) is 0 Å². The molecule has 1 N–H and O–H groups in total. The highest BCUT2D eigenvalue weighted by atomic mass is 19.4. The van der Waals surface area contributed by atoms with Crippen LogP contribution in [0.5, 0.6) is 0 Å². The van der Waals surface area contributed by atoms with Gasteiger partial charge < -0.3 is 10.1 Å². The maximum absolute atomic E-state index is 12.5. The third kappa shape index (κ3) is 3.33. The maximum Gasteiger partial charge on any atom is 0.416 e. The summed E-state index contributed by atoms with van der Waals surface area (Å²) in [5, 5.41) is 3.30. The number of hydrogen-bond donors (Lipinski definition) is 1. The first-order chi connectivity index (χ1) is 9.38. The molecule has 20 heavy (non-hydrogen) atoms. The average molecular weight is 287 g/mol. The van der Waals surface area contributed by atoms with E-state index < -0.39 is 11.7 Å². The smallest absolute Gasteiger partial charge is 0.383 e. The second-order valence-electron chi connectivity index (χ2n) is 5.59. The van der Waals surface area contributed by atoms with Gasteiger partial charge >= 0.3 is 6.18 Å². The van der Waals surface area contributed by atoms with E-state index in [0.717, 1.165) is 25.1 Å². The van der Waals surface area contributed by atoms with Gasteiger partial charge in [-0.05, 0) is 42.0 Å². The molecule has 0 aromatic heterocycles. The van der Waals surface area contributed by atoms with Gasteiger partial charge in [0.2, 0.25) is 0 Å². The highest BCUT2D eigenvalue weighted by molar-refractivity contribution is 5.35. The summed E-state index contributed by atoms with van der Waals surface area (Å²) in [4.78, 5) is 0.